The first-order chi connectivity index (χ1) is 13.9. The predicted octanol–water partition coefficient (Wildman–Crippen LogP) is 2.51. The van der Waals surface area contributed by atoms with Crippen LogP contribution in [0, 0.1) is 0 Å². The molecule has 29 heavy (non-hydrogen) atoms. The molecule has 0 spiro atoms. The largest absolute Gasteiger partial charge is 0.377 e. The lowest BCUT2D eigenvalue weighted by Crippen LogP contribution is -2.44. The molecule has 4 aromatic rings. The van der Waals surface area contributed by atoms with Crippen LogP contribution in [0.15, 0.2) is 47.8 Å². The van der Waals surface area contributed by atoms with Gasteiger partial charge in [0.1, 0.15) is 17.3 Å². The summed E-state index contributed by atoms with van der Waals surface area (Å²) in [6.45, 7) is 4.01. The van der Waals surface area contributed by atoms with Crippen LogP contribution in [-0.4, -0.2) is 59.8 Å². The fourth-order valence-corrected chi connectivity index (χ4v) is 4.79. The van der Waals surface area contributed by atoms with Gasteiger partial charge in [0.05, 0.1) is 29.7 Å². The summed E-state index contributed by atoms with van der Waals surface area (Å²) in [7, 11) is -3.39. The number of sulfone groups is 1. The zero-order valence-corrected chi connectivity index (χ0v) is 17.0. The van der Waals surface area contributed by atoms with Crippen LogP contribution >= 0.6 is 0 Å². The van der Waals surface area contributed by atoms with Gasteiger partial charge in [-0.2, -0.15) is 0 Å². The molecule has 1 fully saturated rings. The molecule has 0 bridgehead atoms. The second kappa shape index (κ2) is 6.57. The summed E-state index contributed by atoms with van der Waals surface area (Å²) in [5.74, 6) is 1.42. The molecule has 150 valence electrons. The highest BCUT2D eigenvalue weighted by Gasteiger charge is 2.24. The smallest absolute Gasteiger partial charge is 0.177 e. The van der Waals surface area contributed by atoms with Crippen LogP contribution in [-0.2, 0) is 14.6 Å². The number of rotatable bonds is 3. The molecule has 0 aromatic carbocycles. The maximum absolute atomic E-state index is 12.4. The minimum Gasteiger partial charge on any atom is -0.377 e. The maximum atomic E-state index is 12.4. The molecule has 0 amide bonds. The van der Waals surface area contributed by atoms with Crippen molar-refractivity contribution in [2.75, 3.05) is 30.9 Å². The molecule has 0 saturated carbocycles. The molecule has 1 aliphatic heterocycles. The van der Waals surface area contributed by atoms with E-state index in [0.29, 0.717) is 36.0 Å². The number of aromatic amines is 1. The van der Waals surface area contributed by atoms with Crippen molar-refractivity contribution in [1.29, 1.82) is 0 Å². The Balaban J connectivity index is 1.83. The number of ether oxygens (including phenoxy) is 1. The van der Waals surface area contributed by atoms with E-state index in [4.69, 9.17) is 9.72 Å². The lowest BCUT2D eigenvalue weighted by molar-refractivity contribution is 0.0985. The topological polar surface area (TPSA) is 92.6 Å². The molecule has 5 heterocycles. The third-order valence-corrected chi connectivity index (χ3v) is 6.51. The number of fused-ring (bicyclic) bond motifs is 2. The third-order valence-electron chi connectivity index (χ3n) is 5.36. The number of anilines is 1. The van der Waals surface area contributed by atoms with Crippen molar-refractivity contribution in [2.24, 2.45) is 0 Å². The highest BCUT2D eigenvalue weighted by molar-refractivity contribution is 7.91. The second-order valence-corrected chi connectivity index (χ2v) is 9.35. The Bertz CT molecular complexity index is 1320. The van der Waals surface area contributed by atoms with E-state index in [2.05, 4.69) is 21.8 Å². The first-order valence-electron chi connectivity index (χ1n) is 9.42. The number of aromatic nitrogens is 4. The van der Waals surface area contributed by atoms with E-state index in [9.17, 15) is 8.42 Å². The lowest BCUT2D eigenvalue weighted by atomic mass is 10.1. The van der Waals surface area contributed by atoms with Gasteiger partial charge in [0, 0.05) is 48.4 Å². The van der Waals surface area contributed by atoms with Crippen molar-refractivity contribution < 1.29 is 13.2 Å². The van der Waals surface area contributed by atoms with Crippen LogP contribution in [0.3, 0.4) is 0 Å². The van der Waals surface area contributed by atoms with Crippen LogP contribution in [0.25, 0.3) is 27.9 Å². The van der Waals surface area contributed by atoms with Crippen LogP contribution in [0.4, 0.5) is 5.82 Å². The van der Waals surface area contributed by atoms with Crippen molar-refractivity contribution in [3.63, 3.8) is 0 Å². The van der Waals surface area contributed by atoms with Crippen molar-refractivity contribution in [3.05, 3.63) is 42.9 Å². The lowest BCUT2D eigenvalue weighted by Gasteiger charge is -2.34. The zero-order valence-electron chi connectivity index (χ0n) is 16.2. The quantitative estimate of drug-likeness (QED) is 0.557. The summed E-state index contributed by atoms with van der Waals surface area (Å²) in [5.41, 5.74) is 2.27. The van der Waals surface area contributed by atoms with E-state index in [0.717, 1.165) is 22.4 Å². The zero-order chi connectivity index (χ0) is 20.2. The number of nitrogens with one attached hydrogen (secondary N) is 1. The Kier molecular flexibility index (Phi) is 4.11. The van der Waals surface area contributed by atoms with Gasteiger partial charge in [-0.15, -0.1) is 0 Å². The number of hydrogen-bond acceptors (Lipinski definition) is 6. The average molecular weight is 411 g/mol. The summed E-state index contributed by atoms with van der Waals surface area (Å²) < 4.78 is 32.2. The van der Waals surface area contributed by atoms with Crippen LogP contribution < -0.4 is 4.90 Å². The molecule has 5 rings (SSSR count). The summed E-state index contributed by atoms with van der Waals surface area (Å²) >= 11 is 0. The summed E-state index contributed by atoms with van der Waals surface area (Å²) in [4.78, 5) is 14.9. The van der Waals surface area contributed by atoms with Crippen molar-refractivity contribution in [2.45, 2.75) is 17.9 Å². The molecule has 1 N–H and O–H groups in total. The summed E-state index contributed by atoms with van der Waals surface area (Å²) in [6.07, 6.45) is 6.56. The van der Waals surface area contributed by atoms with Crippen molar-refractivity contribution in [1.82, 2.24) is 19.4 Å². The predicted molar refractivity (Wildman–Crippen MR) is 111 cm³/mol. The standard InChI is InChI=1S/C20H21N5O3S/c1-13-12-28-10-9-24(13)18-11-16-17(29(2,26)27)5-8-25(16)20(23-18)15-4-7-22-19-14(15)3-6-21-19/h3-8,11,13H,9-10,12H2,1-2H3,(H,21,22). The van der Waals surface area contributed by atoms with E-state index < -0.39 is 9.84 Å². The Morgan fingerprint density at radius 3 is 2.93 bits per heavy atom. The molecule has 1 aliphatic rings. The molecule has 0 radical (unpaired) electrons. The number of morpholine rings is 1. The van der Waals surface area contributed by atoms with Gasteiger partial charge in [0.15, 0.2) is 9.84 Å². The molecule has 1 unspecified atom stereocenters. The normalized spacial score (nSPS) is 18.0. The highest BCUT2D eigenvalue weighted by atomic mass is 32.2. The van der Waals surface area contributed by atoms with E-state index in [1.807, 2.05) is 28.8 Å². The maximum Gasteiger partial charge on any atom is 0.177 e. The molecular formula is C20H21N5O3S. The minimum absolute atomic E-state index is 0.146. The molecule has 4 aromatic heterocycles. The van der Waals surface area contributed by atoms with Crippen molar-refractivity contribution >= 4 is 32.2 Å². The van der Waals surface area contributed by atoms with E-state index >= 15 is 0 Å². The fraction of sp³-hybridized carbons (Fsp3) is 0.300. The fourth-order valence-electron chi connectivity index (χ4n) is 3.94. The van der Waals surface area contributed by atoms with E-state index in [1.54, 1.807) is 18.5 Å². The van der Waals surface area contributed by atoms with Crippen LogP contribution in [0.5, 0.6) is 0 Å². The van der Waals surface area contributed by atoms with Gasteiger partial charge in [-0.05, 0) is 25.1 Å². The Morgan fingerprint density at radius 2 is 2.14 bits per heavy atom. The Morgan fingerprint density at radius 1 is 1.28 bits per heavy atom. The number of nitrogens with zero attached hydrogens (tertiary/aromatic N) is 4. The second-order valence-electron chi connectivity index (χ2n) is 7.36. The SMILES string of the molecule is CC1COCCN1c1cc2c(S(C)(=O)=O)ccn2c(-c2ccnc3[nH]ccc23)n1. The Labute approximate surface area is 168 Å². The number of H-pyrrole nitrogens is 1. The number of hydrogen-bond donors (Lipinski definition) is 1. The van der Waals surface area contributed by atoms with Gasteiger partial charge in [-0.3, -0.25) is 4.40 Å². The van der Waals surface area contributed by atoms with E-state index in [1.165, 1.54) is 6.26 Å². The first kappa shape index (κ1) is 18.1. The monoisotopic (exact) mass is 411 g/mol. The summed E-state index contributed by atoms with van der Waals surface area (Å²) in [6, 6.07) is 7.50. The highest BCUT2D eigenvalue weighted by Crippen LogP contribution is 2.32. The summed E-state index contributed by atoms with van der Waals surface area (Å²) in [5, 5.41) is 0.933. The van der Waals surface area contributed by atoms with Gasteiger partial charge < -0.3 is 14.6 Å². The third kappa shape index (κ3) is 2.97. The average Bonchev–Trinajstić information content (AvgIpc) is 3.34. The Hall–Kier alpha value is -2.91. The van der Waals surface area contributed by atoms with E-state index in [-0.39, 0.29) is 6.04 Å². The molecule has 1 saturated heterocycles. The van der Waals surface area contributed by atoms with Gasteiger partial charge in [0.25, 0.3) is 0 Å². The van der Waals surface area contributed by atoms with Crippen molar-refractivity contribution in [3.8, 4) is 11.4 Å². The molecular weight excluding hydrogens is 390 g/mol. The van der Waals surface area contributed by atoms with Crippen LogP contribution in [0.2, 0.25) is 0 Å². The molecule has 8 nitrogen and oxygen atoms in total. The van der Waals surface area contributed by atoms with Gasteiger partial charge in [-0.1, -0.05) is 0 Å². The molecule has 1 atom stereocenters. The van der Waals surface area contributed by atoms with Gasteiger partial charge >= 0.3 is 0 Å². The van der Waals surface area contributed by atoms with Gasteiger partial charge in [-0.25, -0.2) is 18.4 Å². The van der Waals surface area contributed by atoms with Gasteiger partial charge in [0.2, 0.25) is 0 Å². The van der Waals surface area contributed by atoms with Crippen LogP contribution in [0.1, 0.15) is 6.92 Å². The molecule has 0 aliphatic carbocycles. The number of pyridine rings is 1. The minimum atomic E-state index is -3.39. The molecule has 9 heteroatoms. The first-order valence-corrected chi connectivity index (χ1v) is 11.3.